The van der Waals surface area contributed by atoms with Gasteiger partial charge in [-0.25, -0.2) is 0 Å². The van der Waals surface area contributed by atoms with Crippen LogP contribution in [-0.4, -0.2) is 4.98 Å². The Kier molecular flexibility index (Phi) is 7.41. The van der Waals surface area contributed by atoms with E-state index in [4.69, 9.17) is 4.98 Å². The van der Waals surface area contributed by atoms with Gasteiger partial charge >= 0.3 is 0 Å². The fraction of sp³-hybridized carbons (Fsp3) is 0.233. The van der Waals surface area contributed by atoms with Gasteiger partial charge in [-0.2, -0.15) is 0 Å². The van der Waals surface area contributed by atoms with Gasteiger partial charge in [0, 0.05) is 23.4 Å². The highest BCUT2D eigenvalue weighted by Crippen LogP contribution is 2.31. The monoisotopic (exact) mass is 407 g/mol. The Morgan fingerprint density at radius 1 is 0.871 bits per heavy atom. The maximum atomic E-state index is 4.95. The van der Waals surface area contributed by atoms with E-state index in [1.165, 1.54) is 39.0 Å². The van der Waals surface area contributed by atoms with Crippen LogP contribution < -0.4 is 0 Å². The summed E-state index contributed by atoms with van der Waals surface area (Å²) in [5, 5.41) is 0. The number of rotatable bonds is 7. The predicted octanol–water partition coefficient (Wildman–Crippen LogP) is 8.25. The first-order chi connectivity index (χ1) is 14.9. The molecule has 3 aromatic rings. The molecule has 1 unspecified atom stereocenters. The maximum absolute atomic E-state index is 4.95. The largest absolute Gasteiger partial charge is 0.260 e. The lowest BCUT2D eigenvalue weighted by Crippen LogP contribution is -2.08. The Bertz CT molecular complexity index is 1080. The Hall–Kier alpha value is -3.19. The highest BCUT2D eigenvalue weighted by atomic mass is 14.7. The first kappa shape index (κ1) is 22.5. The molecule has 0 aliphatic carbocycles. The van der Waals surface area contributed by atoms with Gasteiger partial charge in [-0.05, 0) is 74.9 Å². The van der Waals surface area contributed by atoms with Crippen molar-refractivity contribution in [2.45, 2.75) is 47.0 Å². The molecule has 0 fully saturated rings. The van der Waals surface area contributed by atoms with Crippen molar-refractivity contribution >= 4 is 11.1 Å². The molecular formula is C30H33N. The van der Waals surface area contributed by atoms with Crippen molar-refractivity contribution in [3.63, 3.8) is 0 Å². The molecule has 31 heavy (non-hydrogen) atoms. The van der Waals surface area contributed by atoms with Gasteiger partial charge in [-0.15, -0.1) is 0 Å². The summed E-state index contributed by atoms with van der Waals surface area (Å²) < 4.78 is 0. The van der Waals surface area contributed by atoms with Crippen molar-refractivity contribution in [3.8, 4) is 0 Å². The molecule has 1 nitrogen and oxygen atoms in total. The molecule has 1 heteroatoms. The summed E-state index contributed by atoms with van der Waals surface area (Å²) in [6.45, 7) is 14.7. The minimum Gasteiger partial charge on any atom is -0.260 e. The van der Waals surface area contributed by atoms with Crippen molar-refractivity contribution in [1.82, 2.24) is 4.98 Å². The lowest BCUT2D eigenvalue weighted by Gasteiger charge is -2.19. The minimum atomic E-state index is 0.202. The second-order valence-corrected chi connectivity index (χ2v) is 8.46. The van der Waals surface area contributed by atoms with Crippen LogP contribution in [0.1, 0.15) is 68.5 Å². The number of aromatic nitrogens is 1. The number of hydrogen-bond acceptors (Lipinski definition) is 1. The number of nitrogens with zero attached hydrogens (tertiary/aromatic N) is 1. The maximum Gasteiger partial charge on any atom is 0.0482 e. The third kappa shape index (κ3) is 5.49. The highest BCUT2D eigenvalue weighted by Gasteiger charge is 2.17. The standard InChI is InChI=1S/C30H33N/c1-7-23(6)30(22(4)5)27-17-18-29(31-20-27)28(19-24-11-9-8-10-12-24)26-15-13-25(14-16-26)21(2)3/h7-18,20,28H,2,19H2,1,3-6H3/b23-7-. The Balaban J connectivity index is 2.01. The van der Waals surface area contributed by atoms with Crippen molar-refractivity contribution in [2.75, 3.05) is 0 Å². The molecule has 1 aromatic heterocycles. The lowest BCUT2D eigenvalue weighted by molar-refractivity contribution is 0.773. The average molecular weight is 408 g/mol. The van der Waals surface area contributed by atoms with E-state index < -0.39 is 0 Å². The molecule has 0 saturated heterocycles. The van der Waals surface area contributed by atoms with Crippen LogP contribution in [0.5, 0.6) is 0 Å². The minimum absolute atomic E-state index is 0.202. The summed E-state index contributed by atoms with van der Waals surface area (Å²) in [7, 11) is 0. The van der Waals surface area contributed by atoms with E-state index in [0.717, 1.165) is 17.7 Å². The smallest absolute Gasteiger partial charge is 0.0482 e. The summed E-state index contributed by atoms with van der Waals surface area (Å²) in [5.74, 6) is 0.202. The topological polar surface area (TPSA) is 12.9 Å². The van der Waals surface area contributed by atoms with Crippen molar-refractivity contribution < 1.29 is 0 Å². The molecule has 0 radical (unpaired) electrons. The first-order valence-corrected chi connectivity index (χ1v) is 11.0. The normalized spacial score (nSPS) is 12.4. The molecule has 0 N–H and O–H groups in total. The molecule has 1 heterocycles. The van der Waals surface area contributed by atoms with Gasteiger partial charge in [0.2, 0.25) is 0 Å². The molecule has 0 amide bonds. The van der Waals surface area contributed by atoms with E-state index >= 15 is 0 Å². The van der Waals surface area contributed by atoms with Crippen LogP contribution in [0.2, 0.25) is 0 Å². The zero-order chi connectivity index (χ0) is 22.4. The molecule has 1 atom stereocenters. The van der Waals surface area contributed by atoms with E-state index in [1.54, 1.807) is 0 Å². The van der Waals surface area contributed by atoms with E-state index in [9.17, 15) is 0 Å². The van der Waals surface area contributed by atoms with Crippen LogP contribution >= 0.6 is 0 Å². The highest BCUT2D eigenvalue weighted by molar-refractivity contribution is 5.80. The van der Waals surface area contributed by atoms with Crippen molar-refractivity contribution in [3.05, 3.63) is 125 Å². The molecule has 158 valence electrons. The van der Waals surface area contributed by atoms with Crippen LogP contribution in [0.25, 0.3) is 11.1 Å². The van der Waals surface area contributed by atoms with E-state index in [1.807, 2.05) is 13.1 Å². The predicted molar refractivity (Wildman–Crippen MR) is 135 cm³/mol. The molecule has 3 rings (SSSR count). The van der Waals surface area contributed by atoms with Gasteiger partial charge in [0.1, 0.15) is 0 Å². The van der Waals surface area contributed by atoms with E-state index in [2.05, 4.69) is 107 Å². The number of pyridine rings is 1. The molecule has 2 aromatic carbocycles. The lowest BCUT2D eigenvalue weighted by atomic mass is 9.87. The quantitative estimate of drug-likeness (QED) is 0.359. The van der Waals surface area contributed by atoms with Gasteiger partial charge in [0.15, 0.2) is 0 Å². The zero-order valence-corrected chi connectivity index (χ0v) is 19.4. The third-order valence-corrected chi connectivity index (χ3v) is 5.85. The number of benzene rings is 2. The molecule has 0 saturated carbocycles. The van der Waals surface area contributed by atoms with Crippen molar-refractivity contribution in [1.29, 1.82) is 0 Å². The van der Waals surface area contributed by atoms with Gasteiger partial charge < -0.3 is 0 Å². The second kappa shape index (κ2) is 10.2. The molecular weight excluding hydrogens is 374 g/mol. The molecule has 0 spiro atoms. The number of hydrogen-bond donors (Lipinski definition) is 0. The Labute approximate surface area is 187 Å². The summed E-state index contributed by atoms with van der Waals surface area (Å²) in [6.07, 6.45) is 5.12. The Morgan fingerprint density at radius 3 is 2.03 bits per heavy atom. The van der Waals surface area contributed by atoms with Crippen LogP contribution in [0.4, 0.5) is 0 Å². The van der Waals surface area contributed by atoms with Gasteiger partial charge in [-0.1, -0.05) is 84.5 Å². The van der Waals surface area contributed by atoms with Crippen molar-refractivity contribution in [2.24, 2.45) is 0 Å². The van der Waals surface area contributed by atoms with Gasteiger partial charge in [0.25, 0.3) is 0 Å². The molecule has 0 bridgehead atoms. The fourth-order valence-corrected chi connectivity index (χ4v) is 4.06. The first-order valence-electron chi connectivity index (χ1n) is 11.0. The molecule has 0 aliphatic rings. The van der Waals surface area contributed by atoms with Crippen LogP contribution in [-0.2, 0) is 6.42 Å². The molecule has 0 aliphatic heterocycles. The van der Waals surface area contributed by atoms with Gasteiger partial charge in [-0.3, -0.25) is 4.98 Å². The van der Waals surface area contributed by atoms with E-state index in [-0.39, 0.29) is 5.92 Å². The van der Waals surface area contributed by atoms with Crippen LogP contribution in [0.3, 0.4) is 0 Å². The third-order valence-electron chi connectivity index (χ3n) is 5.85. The summed E-state index contributed by atoms with van der Waals surface area (Å²) in [6, 6.07) is 23.9. The fourth-order valence-electron chi connectivity index (χ4n) is 4.06. The van der Waals surface area contributed by atoms with Crippen LogP contribution in [0.15, 0.2) is 96.7 Å². The van der Waals surface area contributed by atoms with E-state index in [0.29, 0.717) is 0 Å². The Morgan fingerprint density at radius 2 is 1.52 bits per heavy atom. The zero-order valence-electron chi connectivity index (χ0n) is 19.4. The summed E-state index contributed by atoms with van der Waals surface area (Å²) >= 11 is 0. The second-order valence-electron chi connectivity index (χ2n) is 8.46. The average Bonchev–Trinajstić information content (AvgIpc) is 2.78. The SMILES string of the molecule is C=C(C)c1ccc(C(Cc2ccccc2)c2ccc(C(=C(C)C)/C(C)=C\C)cn2)cc1. The summed E-state index contributed by atoms with van der Waals surface area (Å²) in [5.41, 5.74) is 11.0. The number of allylic oxidation sites excluding steroid dienone is 5. The summed E-state index contributed by atoms with van der Waals surface area (Å²) in [4.78, 5) is 4.95. The van der Waals surface area contributed by atoms with Crippen LogP contribution in [0, 0.1) is 0 Å². The van der Waals surface area contributed by atoms with Gasteiger partial charge in [0.05, 0.1) is 0 Å².